The summed E-state index contributed by atoms with van der Waals surface area (Å²) in [6, 6.07) is 0.210. The lowest BCUT2D eigenvalue weighted by Crippen LogP contribution is -2.07. The minimum atomic E-state index is -0.131. The lowest BCUT2D eigenvalue weighted by Gasteiger charge is -2.06. The molecule has 0 saturated heterocycles. The summed E-state index contributed by atoms with van der Waals surface area (Å²) >= 11 is 5.58. The molecule has 1 N–H and O–H groups in total. The first kappa shape index (κ1) is 11.9. The van der Waals surface area contributed by atoms with Crippen LogP contribution in [0.15, 0.2) is 15.0 Å². The highest BCUT2D eigenvalue weighted by molar-refractivity contribution is 6.17. The van der Waals surface area contributed by atoms with Gasteiger partial charge >= 0.3 is 6.01 Å². The molecular formula is C10H13ClN4O2. The van der Waals surface area contributed by atoms with Crippen molar-refractivity contribution in [3.8, 4) is 0 Å². The summed E-state index contributed by atoms with van der Waals surface area (Å²) in [7, 11) is 0. The van der Waals surface area contributed by atoms with Crippen molar-refractivity contribution >= 4 is 17.6 Å². The second kappa shape index (κ2) is 5.18. The molecule has 2 aromatic heterocycles. The van der Waals surface area contributed by atoms with E-state index in [4.69, 9.17) is 20.4 Å². The Morgan fingerprint density at radius 2 is 2.24 bits per heavy atom. The van der Waals surface area contributed by atoms with Crippen molar-refractivity contribution in [3.63, 3.8) is 0 Å². The predicted octanol–water partition coefficient (Wildman–Crippen LogP) is 2.32. The molecule has 0 bridgehead atoms. The van der Waals surface area contributed by atoms with Gasteiger partial charge in [-0.25, -0.2) is 4.98 Å². The van der Waals surface area contributed by atoms with Crippen LogP contribution in [0, 0.1) is 6.92 Å². The topological polar surface area (TPSA) is 77.0 Å². The molecule has 0 radical (unpaired) electrons. The van der Waals surface area contributed by atoms with Crippen LogP contribution in [-0.2, 0) is 6.42 Å². The van der Waals surface area contributed by atoms with Gasteiger partial charge in [-0.2, -0.15) is 0 Å². The summed E-state index contributed by atoms with van der Waals surface area (Å²) in [4.78, 5) is 4.11. The Morgan fingerprint density at radius 3 is 2.88 bits per heavy atom. The molecule has 0 aliphatic heterocycles. The number of aryl methyl sites for hydroxylation is 2. The van der Waals surface area contributed by atoms with Crippen LogP contribution >= 0.6 is 11.6 Å². The maximum atomic E-state index is 5.58. The van der Waals surface area contributed by atoms with Crippen molar-refractivity contribution in [2.24, 2.45) is 0 Å². The van der Waals surface area contributed by atoms with Crippen LogP contribution in [0.25, 0.3) is 0 Å². The number of anilines is 1. The van der Waals surface area contributed by atoms with Crippen LogP contribution in [0.3, 0.4) is 0 Å². The second-order valence-electron chi connectivity index (χ2n) is 3.62. The third kappa shape index (κ3) is 2.97. The first-order valence-electron chi connectivity index (χ1n) is 5.26. The first-order valence-corrected chi connectivity index (χ1v) is 5.79. The standard InChI is InChI=1S/C10H13ClN4O2/c1-6-5-12-9(16-6)7(2)13-10-15-14-8(17-10)3-4-11/h5,7H,3-4H2,1-2H3,(H,13,15). The molecule has 1 unspecified atom stereocenters. The smallest absolute Gasteiger partial charge is 0.316 e. The number of nitrogens with one attached hydrogen (secondary N) is 1. The predicted molar refractivity (Wildman–Crippen MR) is 62.0 cm³/mol. The van der Waals surface area contributed by atoms with Gasteiger partial charge in [0, 0.05) is 12.3 Å². The van der Waals surface area contributed by atoms with E-state index in [0.29, 0.717) is 30.1 Å². The normalized spacial score (nSPS) is 12.6. The molecule has 0 spiro atoms. The number of alkyl halides is 1. The Bertz CT molecular complexity index is 482. The van der Waals surface area contributed by atoms with Gasteiger partial charge in [0.15, 0.2) is 0 Å². The molecular weight excluding hydrogens is 244 g/mol. The van der Waals surface area contributed by atoms with Crippen LogP contribution in [0.4, 0.5) is 6.01 Å². The van der Waals surface area contributed by atoms with Crippen LogP contribution < -0.4 is 5.32 Å². The second-order valence-corrected chi connectivity index (χ2v) is 3.99. The number of aromatic nitrogens is 3. The molecule has 7 heteroatoms. The lowest BCUT2D eigenvalue weighted by atomic mass is 10.3. The van der Waals surface area contributed by atoms with E-state index in [2.05, 4.69) is 20.5 Å². The minimum absolute atomic E-state index is 0.131. The summed E-state index contributed by atoms with van der Waals surface area (Å²) in [6.45, 7) is 3.74. The third-order valence-electron chi connectivity index (χ3n) is 2.12. The van der Waals surface area contributed by atoms with Crippen molar-refractivity contribution in [2.75, 3.05) is 11.2 Å². The molecule has 17 heavy (non-hydrogen) atoms. The van der Waals surface area contributed by atoms with E-state index in [1.165, 1.54) is 0 Å². The highest BCUT2D eigenvalue weighted by Gasteiger charge is 2.14. The molecule has 0 aromatic carbocycles. The highest BCUT2D eigenvalue weighted by Crippen LogP contribution is 2.18. The molecule has 2 heterocycles. The molecule has 6 nitrogen and oxygen atoms in total. The van der Waals surface area contributed by atoms with Crippen molar-refractivity contribution in [1.29, 1.82) is 0 Å². The van der Waals surface area contributed by atoms with Gasteiger partial charge < -0.3 is 14.2 Å². The average Bonchev–Trinajstić information content (AvgIpc) is 2.88. The number of oxazole rings is 1. The maximum Gasteiger partial charge on any atom is 0.316 e. The monoisotopic (exact) mass is 256 g/mol. The van der Waals surface area contributed by atoms with Gasteiger partial charge in [0.25, 0.3) is 0 Å². The molecule has 0 aliphatic rings. The van der Waals surface area contributed by atoms with E-state index in [1.54, 1.807) is 6.20 Å². The van der Waals surface area contributed by atoms with E-state index in [1.807, 2.05) is 13.8 Å². The average molecular weight is 257 g/mol. The summed E-state index contributed by atoms with van der Waals surface area (Å²) in [5.41, 5.74) is 0. The number of nitrogens with zero attached hydrogens (tertiary/aromatic N) is 3. The SMILES string of the molecule is Cc1cnc(C(C)Nc2nnc(CCCl)o2)o1. The van der Waals surface area contributed by atoms with E-state index >= 15 is 0 Å². The van der Waals surface area contributed by atoms with Crippen molar-refractivity contribution in [3.05, 3.63) is 23.7 Å². The fourth-order valence-electron chi connectivity index (χ4n) is 1.31. The Hall–Kier alpha value is -1.56. The molecule has 2 rings (SSSR count). The molecule has 92 valence electrons. The van der Waals surface area contributed by atoms with Gasteiger partial charge in [0.05, 0.1) is 6.20 Å². The summed E-state index contributed by atoms with van der Waals surface area (Å²) in [5.74, 6) is 2.32. The van der Waals surface area contributed by atoms with Crippen LogP contribution in [0.1, 0.15) is 30.5 Å². The fourth-order valence-corrected chi connectivity index (χ4v) is 1.47. The zero-order chi connectivity index (χ0) is 12.3. The first-order chi connectivity index (χ1) is 8.19. The van der Waals surface area contributed by atoms with Gasteiger partial charge in [0.1, 0.15) is 11.8 Å². The number of hydrogen-bond acceptors (Lipinski definition) is 6. The fraction of sp³-hybridized carbons (Fsp3) is 0.500. The van der Waals surface area contributed by atoms with Gasteiger partial charge in [-0.15, -0.1) is 16.7 Å². The lowest BCUT2D eigenvalue weighted by molar-refractivity contribution is 0.444. The van der Waals surface area contributed by atoms with Crippen molar-refractivity contribution in [1.82, 2.24) is 15.2 Å². The largest absolute Gasteiger partial charge is 0.444 e. The van der Waals surface area contributed by atoms with Crippen LogP contribution in [-0.4, -0.2) is 21.1 Å². The number of hydrogen-bond donors (Lipinski definition) is 1. The number of halogens is 1. The van der Waals surface area contributed by atoms with Crippen LogP contribution in [0.2, 0.25) is 0 Å². The summed E-state index contributed by atoms with van der Waals surface area (Å²) in [5, 5.41) is 10.7. The molecule has 1 atom stereocenters. The molecule has 0 amide bonds. The van der Waals surface area contributed by atoms with Crippen molar-refractivity contribution < 1.29 is 8.83 Å². The van der Waals surface area contributed by atoms with Gasteiger partial charge in [-0.1, -0.05) is 5.10 Å². The van der Waals surface area contributed by atoms with E-state index < -0.39 is 0 Å². The maximum absolute atomic E-state index is 5.58. The third-order valence-corrected chi connectivity index (χ3v) is 2.31. The van der Waals surface area contributed by atoms with Gasteiger partial charge in [-0.3, -0.25) is 0 Å². The number of rotatable bonds is 5. The zero-order valence-electron chi connectivity index (χ0n) is 9.61. The summed E-state index contributed by atoms with van der Waals surface area (Å²) in [6.07, 6.45) is 2.23. The Labute approximate surface area is 103 Å². The molecule has 2 aromatic rings. The van der Waals surface area contributed by atoms with Gasteiger partial charge in [0.2, 0.25) is 11.8 Å². The highest BCUT2D eigenvalue weighted by atomic mass is 35.5. The molecule has 0 aliphatic carbocycles. The van der Waals surface area contributed by atoms with E-state index in [0.717, 1.165) is 5.76 Å². The molecule has 0 saturated carbocycles. The quantitative estimate of drug-likeness (QED) is 0.828. The minimum Gasteiger partial charge on any atom is -0.444 e. The Balaban J connectivity index is 1.99. The van der Waals surface area contributed by atoms with E-state index in [-0.39, 0.29) is 6.04 Å². The Kier molecular flexibility index (Phi) is 3.63. The summed E-state index contributed by atoms with van der Waals surface area (Å²) < 4.78 is 10.7. The van der Waals surface area contributed by atoms with E-state index in [9.17, 15) is 0 Å². The van der Waals surface area contributed by atoms with Crippen LogP contribution in [0.5, 0.6) is 0 Å². The zero-order valence-corrected chi connectivity index (χ0v) is 10.4. The molecule has 0 fully saturated rings. The van der Waals surface area contributed by atoms with Crippen molar-refractivity contribution in [2.45, 2.75) is 26.3 Å². The Morgan fingerprint density at radius 1 is 1.41 bits per heavy atom. The van der Waals surface area contributed by atoms with Gasteiger partial charge in [-0.05, 0) is 13.8 Å².